The summed E-state index contributed by atoms with van der Waals surface area (Å²) >= 11 is 0. The van der Waals surface area contributed by atoms with Gasteiger partial charge in [0.2, 0.25) is 5.91 Å². The van der Waals surface area contributed by atoms with E-state index in [2.05, 4.69) is 12.2 Å². The summed E-state index contributed by atoms with van der Waals surface area (Å²) in [7, 11) is 0. The van der Waals surface area contributed by atoms with Crippen molar-refractivity contribution < 1.29 is 4.79 Å². The van der Waals surface area contributed by atoms with Gasteiger partial charge in [0.05, 0.1) is 5.54 Å². The van der Waals surface area contributed by atoms with Crippen molar-refractivity contribution in [2.45, 2.75) is 52.0 Å². The first kappa shape index (κ1) is 12.5. The van der Waals surface area contributed by atoms with Crippen molar-refractivity contribution in [3.63, 3.8) is 0 Å². The molecule has 3 heteroatoms. The maximum absolute atomic E-state index is 12.1. The fourth-order valence-electron chi connectivity index (χ4n) is 2.01. The van der Waals surface area contributed by atoms with E-state index in [4.69, 9.17) is 0 Å². The Balaban J connectivity index is 2.50. The second-order valence-electron chi connectivity index (χ2n) is 4.90. The van der Waals surface area contributed by atoms with E-state index < -0.39 is 0 Å². The van der Waals surface area contributed by atoms with Gasteiger partial charge in [-0.05, 0) is 33.2 Å². The summed E-state index contributed by atoms with van der Waals surface area (Å²) in [4.78, 5) is 14.1. The zero-order valence-corrected chi connectivity index (χ0v) is 10.3. The highest BCUT2D eigenvalue weighted by Crippen LogP contribution is 2.13. The third-order valence-corrected chi connectivity index (χ3v) is 3.03. The average molecular weight is 212 g/mol. The summed E-state index contributed by atoms with van der Waals surface area (Å²) < 4.78 is 0. The zero-order valence-electron chi connectivity index (χ0n) is 10.3. The van der Waals surface area contributed by atoms with Gasteiger partial charge in [-0.3, -0.25) is 4.79 Å². The molecule has 1 rings (SSSR count). The molecular formula is C12H24N2O. The van der Waals surface area contributed by atoms with Crippen LogP contribution in [0, 0.1) is 0 Å². The van der Waals surface area contributed by atoms with Crippen LogP contribution in [-0.4, -0.2) is 36.0 Å². The predicted octanol–water partition coefficient (Wildman–Crippen LogP) is 1.78. The van der Waals surface area contributed by atoms with Crippen molar-refractivity contribution in [3.8, 4) is 0 Å². The van der Waals surface area contributed by atoms with Crippen LogP contribution in [0.4, 0.5) is 0 Å². The molecule has 0 aromatic heterocycles. The van der Waals surface area contributed by atoms with Crippen LogP contribution in [0.3, 0.4) is 0 Å². The minimum atomic E-state index is -0.372. The van der Waals surface area contributed by atoms with Crippen molar-refractivity contribution >= 4 is 5.91 Å². The summed E-state index contributed by atoms with van der Waals surface area (Å²) in [6.07, 6.45) is 4.64. The van der Waals surface area contributed by atoms with Gasteiger partial charge in [-0.1, -0.05) is 19.8 Å². The predicted molar refractivity (Wildman–Crippen MR) is 62.8 cm³/mol. The van der Waals surface area contributed by atoms with Crippen LogP contribution in [0.1, 0.15) is 46.5 Å². The fourth-order valence-corrected chi connectivity index (χ4v) is 2.01. The molecule has 1 saturated heterocycles. The summed E-state index contributed by atoms with van der Waals surface area (Å²) in [6.45, 7) is 8.94. The lowest BCUT2D eigenvalue weighted by molar-refractivity contribution is -0.136. The van der Waals surface area contributed by atoms with E-state index in [1.807, 2.05) is 18.7 Å². The van der Waals surface area contributed by atoms with E-state index in [0.29, 0.717) is 0 Å². The summed E-state index contributed by atoms with van der Waals surface area (Å²) in [6, 6.07) is 0. The molecular weight excluding hydrogens is 188 g/mol. The van der Waals surface area contributed by atoms with Crippen LogP contribution in [-0.2, 0) is 4.79 Å². The number of unbranched alkanes of at least 4 members (excludes halogenated alkanes) is 2. The number of nitrogens with one attached hydrogen (secondary N) is 1. The Labute approximate surface area is 93.2 Å². The van der Waals surface area contributed by atoms with E-state index >= 15 is 0 Å². The number of hydrogen-bond acceptors (Lipinski definition) is 2. The van der Waals surface area contributed by atoms with Gasteiger partial charge in [-0.2, -0.15) is 0 Å². The minimum absolute atomic E-state index is 0.260. The Kier molecular flexibility index (Phi) is 4.58. The number of carbonyl (C=O) groups is 1. The van der Waals surface area contributed by atoms with Crippen molar-refractivity contribution in [1.29, 1.82) is 0 Å². The first-order valence-corrected chi connectivity index (χ1v) is 6.12. The highest BCUT2D eigenvalue weighted by atomic mass is 16.2. The van der Waals surface area contributed by atoms with E-state index in [1.165, 1.54) is 12.8 Å². The van der Waals surface area contributed by atoms with Crippen molar-refractivity contribution in [2.24, 2.45) is 0 Å². The molecule has 0 unspecified atom stereocenters. The molecule has 1 N–H and O–H groups in total. The zero-order chi connectivity index (χ0) is 11.3. The summed E-state index contributed by atoms with van der Waals surface area (Å²) in [5.41, 5.74) is -0.372. The molecule has 0 aromatic carbocycles. The first-order valence-electron chi connectivity index (χ1n) is 6.12. The molecule has 3 nitrogen and oxygen atoms in total. The largest absolute Gasteiger partial charge is 0.341 e. The minimum Gasteiger partial charge on any atom is -0.341 e. The fraction of sp³-hybridized carbons (Fsp3) is 0.917. The van der Waals surface area contributed by atoms with E-state index in [1.54, 1.807) is 0 Å². The second kappa shape index (κ2) is 5.50. The lowest BCUT2D eigenvalue weighted by Gasteiger charge is -2.29. The highest BCUT2D eigenvalue weighted by Gasteiger charge is 2.32. The molecule has 0 aliphatic carbocycles. The number of rotatable bonds is 4. The van der Waals surface area contributed by atoms with Crippen LogP contribution in [0.5, 0.6) is 0 Å². The van der Waals surface area contributed by atoms with E-state index in [9.17, 15) is 4.79 Å². The number of nitrogens with zero attached hydrogens (tertiary/aromatic N) is 1. The van der Waals surface area contributed by atoms with Gasteiger partial charge in [0, 0.05) is 13.1 Å². The van der Waals surface area contributed by atoms with Crippen LogP contribution in [0.2, 0.25) is 0 Å². The van der Waals surface area contributed by atoms with E-state index in [0.717, 1.165) is 32.5 Å². The van der Waals surface area contributed by atoms with Crippen LogP contribution in [0.25, 0.3) is 0 Å². The lowest BCUT2D eigenvalue weighted by atomic mass is 10.0. The monoisotopic (exact) mass is 212 g/mol. The van der Waals surface area contributed by atoms with Gasteiger partial charge in [0.1, 0.15) is 0 Å². The van der Waals surface area contributed by atoms with Crippen LogP contribution in [0.15, 0.2) is 0 Å². The molecule has 0 atom stereocenters. The number of amides is 1. The molecule has 1 aliphatic heterocycles. The third kappa shape index (κ3) is 3.49. The van der Waals surface area contributed by atoms with Crippen LogP contribution < -0.4 is 5.32 Å². The number of carbonyl (C=O) groups excluding carboxylic acids is 1. The molecule has 0 saturated carbocycles. The molecule has 1 amide bonds. The molecule has 0 radical (unpaired) electrons. The first-order chi connectivity index (χ1) is 7.08. The SMILES string of the molecule is CCCCCN1CCCNC(C)(C)C1=O. The normalized spacial score (nSPS) is 21.5. The Morgan fingerprint density at radius 1 is 1.40 bits per heavy atom. The Morgan fingerprint density at radius 2 is 2.13 bits per heavy atom. The molecule has 1 fully saturated rings. The third-order valence-electron chi connectivity index (χ3n) is 3.03. The Hall–Kier alpha value is -0.570. The molecule has 0 aromatic rings. The van der Waals surface area contributed by atoms with Crippen molar-refractivity contribution in [1.82, 2.24) is 10.2 Å². The quantitative estimate of drug-likeness (QED) is 0.720. The Morgan fingerprint density at radius 3 is 2.80 bits per heavy atom. The van der Waals surface area contributed by atoms with Gasteiger partial charge in [-0.25, -0.2) is 0 Å². The molecule has 88 valence electrons. The van der Waals surface area contributed by atoms with Gasteiger partial charge in [0.25, 0.3) is 0 Å². The average Bonchev–Trinajstić information content (AvgIpc) is 2.31. The maximum Gasteiger partial charge on any atom is 0.242 e. The van der Waals surface area contributed by atoms with Gasteiger partial charge >= 0.3 is 0 Å². The smallest absolute Gasteiger partial charge is 0.242 e. The van der Waals surface area contributed by atoms with Crippen LogP contribution >= 0.6 is 0 Å². The van der Waals surface area contributed by atoms with E-state index in [-0.39, 0.29) is 11.4 Å². The molecule has 0 spiro atoms. The van der Waals surface area contributed by atoms with Crippen molar-refractivity contribution in [3.05, 3.63) is 0 Å². The molecule has 1 aliphatic rings. The summed E-state index contributed by atoms with van der Waals surface area (Å²) in [5, 5.41) is 3.30. The molecule has 0 bridgehead atoms. The topological polar surface area (TPSA) is 32.3 Å². The lowest BCUT2D eigenvalue weighted by Crippen LogP contribution is -2.51. The van der Waals surface area contributed by atoms with Gasteiger partial charge in [-0.15, -0.1) is 0 Å². The highest BCUT2D eigenvalue weighted by molar-refractivity contribution is 5.85. The Bertz CT molecular complexity index is 214. The molecule has 15 heavy (non-hydrogen) atoms. The molecule has 1 heterocycles. The second-order valence-corrected chi connectivity index (χ2v) is 4.90. The van der Waals surface area contributed by atoms with Crippen molar-refractivity contribution in [2.75, 3.05) is 19.6 Å². The van der Waals surface area contributed by atoms with Gasteiger partial charge < -0.3 is 10.2 Å². The van der Waals surface area contributed by atoms with Gasteiger partial charge in [0.15, 0.2) is 0 Å². The maximum atomic E-state index is 12.1. The number of hydrogen-bond donors (Lipinski definition) is 1. The summed E-state index contributed by atoms with van der Waals surface area (Å²) in [5.74, 6) is 0.260. The standard InChI is InChI=1S/C12H24N2O/c1-4-5-6-9-14-10-7-8-13-12(2,3)11(14)15/h13H,4-10H2,1-3H3.